The van der Waals surface area contributed by atoms with Gasteiger partial charge in [-0.3, -0.25) is 15.7 Å². The monoisotopic (exact) mass is 219 g/mol. The first-order valence-corrected chi connectivity index (χ1v) is 4.11. The van der Waals surface area contributed by atoms with Crippen LogP contribution in [0.5, 0.6) is 0 Å². The van der Waals surface area contributed by atoms with Gasteiger partial charge in [-0.15, -0.1) is 19.0 Å². The number of allylic oxidation sites excluding steroid dienone is 1. The maximum atomic E-state index is 6.90. The molecule has 0 amide bonds. The fraction of sp³-hybridized carbons (Fsp3) is 0.500. The summed E-state index contributed by atoms with van der Waals surface area (Å²) < 4.78 is 0. The molecule has 0 aliphatic carbocycles. The molecule has 0 aromatic carbocycles. The zero-order chi connectivity index (χ0) is 10.3. The molecule has 0 spiro atoms. The normalized spacial score (nSPS) is 12.5. The van der Waals surface area contributed by atoms with E-state index in [1.165, 1.54) is 0 Å². The van der Waals surface area contributed by atoms with Gasteiger partial charge in [-0.1, -0.05) is 6.08 Å². The summed E-state index contributed by atoms with van der Waals surface area (Å²) in [4.78, 5) is 4.07. The fourth-order valence-electron chi connectivity index (χ4n) is 0.831. The van der Waals surface area contributed by atoms with Crippen LogP contribution in [0.15, 0.2) is 17.6 Å². The number of aliphatic imine (C=N–C) groups is 1. The van der Waals surface area contributed by atoms with Gasteiger partial charge in [-0.05, 0) is 19.8 Å². The minimum atomic E-state index is -0.197. The molecule has 0 rings (SSSR count). The lowest BCUT2D eigenvalue weighted by molar-refractivity contribution is 0.675. The molecule has 5 nitrogen and oxygen atoms in total. The van der Waals surface area contributed by atoms with Crippen LogP contribution in [-0.4, -0.2) is 18.0 Å². The second-order valence-electron chi connectivity index (χ2n) is 2.77. The standard InChI is InChI=1S/C8H17N5.ClH/c1-3-4-5-6(2)12-8(11)13-7(9)10;/h3,6H,1,4-5H2,2H3,(H6,9,10,11,12,13);1H. The highest BCUT2D eigenvalue weighted by Crippen LogP contribution is 2.00. The average Bonchev–Trinajstić information content (AvgIpc) is 1.98. The maximum absolute atomic E-state index is 6.90. The molecular formula is C8H18ClN5. The van der Waals surface area contributed by atoms with E-state index in [0.717, 1.165) is 12.8 Å². The molecular weight excluding hydrogens is 202 g/mol. The summed E-state index contributed by atoms with van der Waals surface area (Å²) in [5.41, 5.74) is 10.5. The van der Waals surface area contributed by atoms with Crippen LogP contribution in [0.2, 0.25) is 0 Å². The average molecular weight is 220 g/mol. The van der Waals surface area contributed by atoms with E-state index in [-0.39, 0.29) is 30.4 Å². The Bertz CT molecular complexity index is 214. The third-order valence-electron chi connectivity index (χ3n) is 1.41. The minimum absolute atomic E-state index is 0. The second kappa shape index (κ2) is 8.37. The number of nitrogens with zero attached hydrogens (tertiary/aromatic N) is 1. The van der Waals surface area contributed by atoms with Crippen LogP contribution in [-0.2, 0) is 0 Å². The molecule has 1 unspecified atom stereocenters. The Hall–Kier alpha value is -1.23. The Morgan fingerprint density at radius 1 is 1.64 bits per heavy atom. The van der Waals surface area contributed by atoms with Gasteiger partial charge in [0, 0.05) is 0 Å². The number of nitrogens with two attached hydrogens (primary N) is 2. The van der Waals surface area contributed by atoms with E-state index in [9.17, 15) is 0 Å². The molecule has 0 saturated heterocycles. The highest BCUT2D eigenvalue weighted by molar-refractivity contribution is 5.95. The fourth-order valence-corrected chi connectivity index (χ4v) is 0.831. The van der Waals surface area contributed by atoms with Gasteiger partial charge in [0.05, 0.1) is 6.04 Å². The number of hydrogen-bond acceptors (Lipinski definition) is 2. The number of hydrogen-bond donors (Lipinski definition) is 4. The predicted molar refractivity (Wildman–Crippen MR) is 62.8 cm³/mol. The summed E-state index contributed by atoms with van der Waals surface area (Å²) in [6.45, 7) is 5.55. The smallest absolute Gasteiger partial charge is 0.195 e. The molecule has 0 fully saturated rings. The topological polar surface area (TPSA) is 100 Å². The lowest BCUT2D eigenvalue weighted by Crippen LogP contribution is -2.41. The zero-order valence-corrected chi connectivity index (χ0v) is 9.10. The molecule has 0 radical (unpaired) electrons. The van der Waals surface area contributed by atoms with E-state index in [4.69, 9.17) is 16.9 Å². The molecule has 6 N–H and O–H groups in total. The summed E-state index contributed by atoms with van der Waals surface area (Å²) in [6, 6.07) is 0.116. The maximum Gasteiger partial charge on any atom is 0.195 e. The van der Waals surface area contributed by atoms with Crippen molar-refractivity contribution in [1.82, 2.24) is 5.32 Å². The van der Waals surface area contributed by atoms with Crippen molar-refractivity contribution >= 4 is 24.3 Å². The number of halogens is 1. The van der Waals surface area contributed by atoms with Gasteiger partial charge in [-0.25, -0.2) is 0 Å². The first kappa shape index (κ1) is 15.3. The molecule has 0 heterocycles. The van der Waals surface area contributed by atoms with Crippen molar-refractivity contribution in [3.63, 3.8) is 0 Å². The third kappa shape index (κ3) is 8.86. The minimum Gasteiger partial charge on any atom is -0.370 e. The molecule has 6 heteroatoms. The van der Waals surface area contributed by atoms with Gasteiger partial charge in [0.1, 0.15) is 0 Å². The van der Waals surface area contributed by atoms with Crippen molar-refractivity contribution in [2.24, 2.45) is 16.5 Å². The van der Waals surface area contributed by atoms with Gasteiger partial charge in [0.25, 0.3) is 0 Å². The highest BCUT2D eigenvalue weighted by atomic mass is 35.5. The Labute approximate surface area is 90.6 Å². The van der Waals surface area contributed by atoms with Crippen LogP contribution >= 0.6 is 12.4 Å². The number of rotatable bonds is 4. The van der Waals surface area contributed by atoms with Crippen molar-refractivity contribution in [1.29, 1.82) is 5.41 Å². The molecule has 82 valence electrons. The lowest BCUT2D eigenvalue weighted by Gasteiger charge is -2.07. The zero-order valence-electron chi connectivity index (χ0n) is 8.29. The quantitative estimate of drug-likeness (QED) is 0.316. The summed E-state index contributed by atoms with van der Waals surface area (Å²) in [5, 5.41) is 9.31. The van der Waals surface area contributed by atoms with Crippen molar-refractivity contribution in [3.8, 4) is 0 Å². The number of nitrogens with one attached hydrogen (secondary N) is 2. The molecule has 0 bridgehead atoms. The predicted octanol–water partition coefficient (Wildman–Crippen LogP) is 0.561. The molecule has 0 aromatic rings. The Morgan fingerprint density at radius 2 is 2.21 bits per heavy atom. The van der Waals surface area contributed by atoms with Crippen LogP contribution in [0, 0.1) is 5.41 Å². The molecule has 0 aliphatic heterocycles. The molecule has 1 atom stereocenters. The van der Waals surface area contributed by atoms with E-state index >= 15 is 0 Å². The SMILES string of the molecule is C=CCCC(C)N=C(N)NC(=N)N.Cl. The Kier molecular flexibility index (Phi) is 9.12. The second-order valence-corrected chi connectivity index (χ2v) is 2.77. The first-order chi connectivity index (χ1) is 6.06. The van der Waals surface area contributed by atoms with Gasteiger partial charge >= 0.3 is 0 Å². The number of guanidine groups is 2. The molecule has 14 heavy (non-hydrogen) atoms. The molecule has 0 aliphatic rings. The summed E-state index contributed by atoms with van der Waals surface area (Å²) in [6.07, 6.45) is 3.63. The van der Waals surface area contributed by atoms with E-state index < -0.39 is 0 Å². The summed E-state index contributed by atoms with van der Waals surface area (Å²) >= 11 is 0. The van der Waals surface area contributed by atoms with Crippen molar-refractivity contribution in [3.05, 3.63) is 12.7 Å². The molecule has 0 saturated carbocycles. The van der Waals surface area contributed by atoms with Crippen LogP contribution in [0.3, 0.4) is 0 Å². The van der Waals surface area contributed by atoms with Gasteiger partial charge in [0.2, 0.25) is 0 Å². The third-order valence-corrected chi connectivity index (χ3v) is 1.41. The Balaban J connectivity index is 0. The van der Waals surface area contributed by atoms with Gasteiger partial charge in [-0.2, -0.15) is 0 Å². The van der Waals surface area contributed by atoms with Gasteiger partial charge in [0.15, 0.2) is 11.9 Å². The van der Waals surface area contributed by atoms with E-state index in [2.05, 4.69) is 16.9 Å². The van der Waals surface area contributed by atoms with Crippen LogP contribution in [0.25, 0.3) is 0 Å². The van der Waals surface area contributed by atoms with E-state index in [0.29, 0.717) is 0 Å². The van der Waals surface area contributed by atoms with Crippen molar-refractivity contribution in [2.75, 3.05) is 0 Å². The van der Waals surface area contributed by atoms with Crippen molar-refractivity contribution < 1.29 is 0 Å². The van der Waals surface area contributed by atoms with Crippen LogP contribution in [0.4, 0.5) is 0 Å². The van der Waals surface area contributed by atoms with E-state index in [1.54, 1.807) is 0 Å². The van der Waals surface area contributed by atoms with Gasteiger partial charge < -0.3 is 11.5 Å². The highest BCUT2D eigenvalue weighted by Gasteiger charge is 1.99. The van der Waals surface area contributed by atoms with Crippen molar-refractivity contribution in [2.45, 2.75) is 25.8 Å². The van der Waals surface area contributed by atoms with E-state index in [1.807, 2.05) is 13.0 Å². The molecule has 0 aromatic heterocycles. The van der Waals surface area contributed by atoms with Crippen LogP contribution < -0.4 is 16.8 Å². The Morgan fingerprint density at radius 3 is 2.64 bits per heavy atom. The summed E-state index contributed by atoms with van der Waals surface area (Å²) in [7, 11) is 0. The first-order valence-electron chi connectivity index (χ1n) is 4.11. The lowest BCUT2D eigenvalue weighted by atomic mass is 10.2. The summed E-state index contributed by atoms with van der Waals surface area (Å²) in [5.74, 6) is -0.0127. The largest absolute Gasteiger partial charge is 0.370 e. The van der Waals surface area contributed by atoms with Crippen LogP contribution in [0.1, 0.15) is 19.8 Å².